The summed E-state index contributed by atoms with van der Waals surface area (Å²) in [4.78, 5) is 12.0. The van der Waals surface area contributed by atoms with Gasteiger partial charge in [-0.15, -0.1) is 0 Å². The lowest BCUT2D eigenvalue weighted by molar-refractivity contribution is -0.120. The fourth-order valence-corrected chi connectivity index (χ4v) is 1.88. The molecule has 2 rings (SSSR count). The highest BCUT2D eigenvalue weighted by molar-refractivity contribution is 5.97. The van der Waals surface area contributed by atoms with Gasteiger partial charge in [-0.25, -0.2) is 0 Å². The number of nitrogens with two attached hydrogens (primary N) is 1. The minimum absolute atomic E-state index is 0.191. The molecule has 1 heterocycles. The van der Waals surface area contributed by atoms with Crippen molar-refractivity contribution in [1.82, 2.24) is 0 Å². The summed E-state index contributed by atoms with van der Waals surface area (Å²) in [6.45, 7) is 3.95. The normalized spacial score (nSPS) is 16.2. The van der Waals surface area contributed by atoms with Crippen LogP contribution in [0.2, 0.25) is 0 Å². The van der Waals surface area contributed by atoms with Crippen LogP contribution in [0.25, 0.3) is 0 Å². The predicted octanol–water partition coefficient (Wildman–Crippen LogP) is 1.87. The van der Waals surface area contributed by atoms with E-state index in [1.807, 2.05) is 6.92 Å². The molecule has 0 radical (unpaired) electrons. The predicted molar refractivity (Wildman–Crippen MR) is 68.7 cm³/mol. The second kappa shape index (κ2) is 4.86. The molecule has 1 aliphatic heterocycles. The molecule has 5 heteroatoms. The second-order valence-corrected chi connectivity index (χ2v) is 4.69. The van der Waals surface area contributed by atoms with Crippen molar-refractivity contribution in [3.63, 3.8) is 0 Å². The summed E-state index contributed by atoms with van der Waals surface area (Å²) in [5, 5.41) is 2.80. The van der Waals surface area contributed by atoms with Gasteiger partial charge in [0.15, 0.2) is 11.5 Å². The number of amides is 1. The second-order valence-electron chi connectivity index (χ2n) is 4.69. The zero-order chi connectivity index (χ0) is 13.2. The molecule has 0 saturated heterocycles. The number of ether oxygens (including phenoxy) is 2. The number of fused-ring (bicyclic) bond motifs is 1. The molecule has 1 unspecified atom stereocenters. The lowest BCUT2D eigenvalue weighted by Gasteiger charge is -2.22. The molecule has 0 spiro atoms. The van der Waals surface area contributed by atoms with Gasteiger partial charge in [0.05, 0.1) is 5.54 Å². The van der Waals surface area contributed by atoms with E-state index in [9.17, 15) is 4.79 Å². The van der Waals surface area contributed by atoms with Gasteiger partial charge in [0, 0.05) is 11.8 Å². The van der Waals surface area contributed by atoms with Crippen molar-refractivity contribution in [2.75, 3.05) is 12.1 Å². The SMILES string of the molecule is CCCC(C)(N)C(=O)Nc1ccc2c(c1)OCO2. The van der Waals surface area contributed by atoms with E-state index in [0.717, 1.165) is 6.42 Å². The van der Waals surface area contributed by atoms with E-state index in [0.29, 0.717) is 23.6 Å². The summed E-state index contributed by atoms with van der Waals surface area (Å²) in [6.07, 6.45) is 1.50. The van der Waals surface area contributed by atoms with Crippen molar-refractivity contribution >= 4 is 11.6 Å². The quantitative estimate of drug-likeness (QED) is 0.855. The minimum Gasteiger partial charge on any atom is -0.454 e. The van der Waals surface area contributed by atoms with Gasteiger partial charge in [-0.3, -0.25) is 4.79 Å². The Morgan fingerprint density at radius 3 is 2.89 bits per heavy atom. The van der Waals surface area contributed by atoms with E-state index in [2.05, 4.69) is 5.32 Å². The zero-order valence-electron chi connectivity index (χ0n) is 10.7. The minimum atomic E-state index is -0.856. The fraction of sp³-hybridized carbons (Fsp3) is 0.462. The Morgan fingerprint density at radius 2 is 2.17 bits per heavy atom. The molecule has 5 nitrogen and oxygen atoms in total. The summed E-state index contributed by atoms with van der Waals surface area (Å²) in [6, 6.07) is 5.28. The van der Waals surface area contributed by atoms with Crippen molar-refractivity contribution < 1.29 is 14.3 Å². The third-order valence-electron chi connectivity index (χ3n) is 2.92. The average molecular weight is 250 g/mol. The van der Waals surface area contributed by atoms with E-state index in [1.165, 1.54) is 0 Å². The topological polar surface area (TPSA) is 73.6 Å². The van der Waals surface area contributed by atoms with Crippen LogP contribution < -0.4 is 20.5 Å². The number of nitrogens with one attached hydrogen (secondary N) is 1. The Balaban J connectivity index is 2.08. The van der Waals surface area contributed by atoms with E-state index < -0.39 is 5.54 Å². The maximum absolute atomic E-state index is 12.0. The Hall–Kier alpha value is -1.75. The molecule has 0 aliphatic carbocycles. The molecule has 1 aromatic carbocycles. The van der Waals surface area contributed by atoms with Crippen LogP contribution in [0.1, 0.15) is 26.7 Å². The summed E-state index contributed by atoms with van der Waals surface area (Å²) in [5.74, 6) is 1.14. The first-order valence-corrected chi connectivity index (χ1v) is 6.03. The first kappa shape index (κ1) is 12.7. The summed E-state index contributed by atoms with van der Waals surface area (Å²) >= 11 is 0. The van der Waals surface area contributed by atoms with Crippen molar-refractivity contribution in [2.24, 2.45) is 5.73 Å². The number of benzene rings is 1. The molecule has 3 N–H and O–H groups in total. The zero-order valence-corrected chi connectivity index (χ0v) is 10.7. The first-order valence-electron chi connectivity index (χ1n) is 6.03. The molecule has 0 aromatic heterocycles. The van der Waals surface area contributed by atoms with Gasteiger partial charge in [-0.05, 0) is 25.5 Å². The standard InChI is InChI=1S/C13H18N2O3/c1-3-6-13(2,14)12(16)15-9-4-5-10-11(7-9)18-8-17-10/h4-5,7H,3,6,8,14H2,1-2H3,(H,15,16). The molecule has 0 fully saturated rings. The molecule has 0 saturated carbocycles. The third-order valence-corrected chi connectivity index (χ3v) is 2.92. The van der Waals surface area contributed by atoms with E-state index >= 15 is 0 Å². The Bertz CT molecular complexity index is 458. The molecule has 98 valence electrons. The average Bonchev–Trinajstić information content (AvgIpc) is 2.76. The van der Waals surface area contributed by atoms with Crippen LogP contribution >= 0.6 is 0 Å². The van der Waals surface area contributed by atoms with Crippen molar-refractivity contribution in [3.8, 4) is 11.5 Å². The lowest BCUT2D eigenvalue weighted by atomic mass is 9.96. The lowest BCUT2D eigenvalue weighted by Crippen LogP contribution is -2.48. The summed E-state index contributed by atoms with van der Waals surface area (Å²) in [5.41, 5.74) is 5.77. The van der Waals surface area contributed by atoms with Gasteiger partial charge in [0.2, 0.25) is 12.7 Å². The Kier molecular flexibility index (Phi) is 3.43. The van der Waals surface area contributed by atoms with E-state index in [4.69, 9.17) is 15.2 Å². The number of carbonyl (C=O) groups excluding carboxylic acids is 1. The highest BCUT2D eigenvalue weighted by Crippen LogP contribution is 2.34. The highest BCUT2D eigenvalue weighted by atomic mass is 16.7. The van der Waals surface area contributed by atoms with Crippen LogP contribution in [-0.2, 0) is 4.79 Å². The van der Waals surface area contributed by atoms with Gasteiger partial charge in [0.1, 0.15) is 0 Å². The smallest absolute Gasteiger partial charge is 0.244 e. The maximum Gasteiger partial charge on any atom is 0.244 e. The van der Waals surface area contributed by atoms with Crippen LogP contribution in [0.15, 0.2) is 18.2 Å². The summed E-state index contributed by atoms with van der Waals surface area (Å²) < 4.78 is 10.5. The molecule has 1 atom stereocenters. The van der Waals surface area contributed by atoms with Gasteiger partial charge in [-0.1, -0.05) is 13.3 Å². The molecular weight excluding hydrogens is 232 g/mol. The highest BCUT2D eigenvalue weighted by Gasteiger charge is 2.27. The largest absolute Gasteiger partial charge is 0.454 e. The number of hydrogen-bond donors (Lipinski definition) is 2. The molecule has 1 aromatic rings. The monoisotopic (exact) mass is 250 g/mol. The third kappa shape index (κ3) is 2.56. The number of carbonyl (C=O) groups is 1. The molecule has 1 amide bonds. The van der Waals surface area contributed by atoms with Crippen LogP contribution in [0.4, 0.5) is 5.69 Å². The number of hydrogen-bond acceptors (Lipinski definition) is 4. The van der Waals surface area contributed by atoms with Gasteiger partial charge in [0.25, 0.3) is 0 Å². The molecule has 0 bridgehead atoms. The molecule has 18 heavy (non-hydrogen) atoms. The van der Waals surface area contributed by atoms with Crippen molar-refractivity contribution in [1.29, 1.82) is 0 Å². The fourth-order valence-electron chi connectivity index (χ4n) is 1.88. The van der Waals surface area contributed by atoms with Gasteiger partial charge >= 0.3 is 0 Å². The van der Waals surface area contributed by atoms with Crippen LogP contribution in [-0.4, -0.2) is 18.2 Å². The van der Waals surface area contributed by atoms with Crippen LogP contribution in [0.5, 0.6) is 11.5 Å². The van der Waals surface area contributed by atoms with Gasteiger partial charge < -0.3 is 20.5 Å². The van der Waals surface area contributed by atoms with Crippen LogP contribution in [0.3, 0.4) is 0 Å². The Morgan fingerprint density at radius 1 is 1.44 bits per heavy atom. The van der Waals surface area contributed by atoms with Crippen molar-refractivity contribution in [3.05, 3.63) is 18.2 Å². The van der Waals surface area contributed by atoms with Crippen LogP contribution in [0, 0.1) is 0 Å². The Labute approximate surface area is 106 Å². The maximum atomic E-state index is 12.0. The molecular formula is C13H18N2O3. The van der Waals surface area contributed by atoms with E-state index in [-0.39, 0.29) is 12.7 Å². The first-order chi connectivity index (χ1) is 8.53. The number of rotatable bonds is 4. The number of anilines is 1. The van der Waals surface area contributed by atoms with Crippen molar-refractivity contribution in [2.45, 2.75) is 32.2 Å². The van der Waals surface area contributed by atoms with E-state index in [1.54, 1.807) is 25.1 Å². The van der Waals surface area contributed by atoms with Gasteiger partial charge in [-0.2, -0.15) is 0 Å². The summed E-state index contributed by atoms with van der Waals surface area (Å²) in [7, 11) is 0. The molecule has 1 aliphatic rings.